The zero-order chi connectivity index (χ0) is 19.6. The van der Waals surface area contributed by atoms with Crippen molar-refractivity contribution >= 4 is 28.3 Å². The third-order valence-corrected chi connectivity index (χ3v) is 7.92. The van der Waals surface area contributed by atoms with Gasteiger partial charge in [-0.05, 0) is 64.1 Å². The van der Waals surface area contributed by atoms with Crippen molar-refractivity contribution in [2.24, 2.45) is 5.92 Å². The highest BCUT2D eigenvalue weighted by molar-refractivity contribution is 7.89. The van der Waals surface area contributed by atoms with Gasteiger partial charge in [-0.2, -0.15) is 4.31 Å². The molecule has 158 valence electrons. The molecular weight excluding hydrogens is 398 g/mol. The standard InChI is InChI=1S/C20H31N3O3S.ClH/c1-14-11-15(2)19(16(3)12-14)27(25,26)23-9-6-17(7-10-23)20(24)22-13-18-5-4-8-21-18;/h11-12,17-18,21H,4-10,13H2,1-3H3,(H,22,24);1H. The summed E-state index contributed by atoms with van der Waals surface area (Å²) in [4.78, 5) is 12.8. The normalized spacial score (nSPS) is 21.3. The lowest BCUT2D eigenvalue weighted by Gasteiger charge is -2.31. The van der Waals surface area contributed by atoms with E-state index in [2.05, 4.69) is 10.6 Å². The molecule has 2 aliphatic rings. The Bertz CT molecular complexity index is 776. The predicted octanol–water partition coefficient (Wildman–Crippen LogP) is 2.30. The van der Waals surface area contributed by atoms with Crippen LogP contribution in [0.25, 0.3) is 0 Å². The van der Waals surface area contributed by atoms with Gasteiger partial charge < -0.3 is 10.6 Å². The summed E-state index contributed by atoms with van der Waals surface area (Å²) in [5.41, 5.74) is 2.64. The van der Waals surface area contributed by atoms with Gasteiger partial charge in [-0.3, -0.25) is 4.79 Å². The molecule has 1 unspecified atom stereocenters. The van der Waals surface area contributed by atoms with Crippen molar-refractivity contribution in [3.63, 3.8) is 0 Å². The summed E-state index contributed by atoms with van der Waals surface area (Å²) in [6.07, 6.45) is 3.42. The fourth-order valence-electron chi connectivity index (χ4n) is 4.36. The van der Waals surface area contributed by atoms with Crippen LogP contribution in [0.15, 0.2) is 17.0 Å². The minimum atomic E-state index is -3.52. The first-order valence-electron chi connectivity index (χ1n) is 9.88. The Morgan fingerprint density at radius 2 is 1.75 bits per heavy atom. The number of carbonyl (C=O) groups is 1. The monoisotopic (exact) mass is 429 g/mol. The zero-order valence-corrected chi connectivity index (χ0v) is 18.6. The first-order valence-corrected chi connectivity index (χ1v) is 11.3. The molecule has 28 heavy (non-hydrogen) atoms. The average Bonchev–Trinajstić information content (AvgIpc) is 3.12. The second kappa shape index (κ2) is 9.57. The number of hydrogen-bond donors (Lipinski definition) is 2. The summed E-state index contributed by atoms with van der Waals surface area (Å²) >= 11 is 0. The van der Waals surface area contributed by atoms with Gasteiger partial charge in [0.1, 0.15) is 0 Å². The molecule has 3 rings (SSSR count). The Balaban J connectivity index is 0.00000280. The Morgan fingerprint density at radius 1 is 1.14 bits per heavy atom. The minimum absolute atomic E-state index is 0. The molecule has 0 aliphatic carbocycles. The number of nitrogens with one attached hydrogen (secondary N) is 2. The van der Waals surface area contributed by atoms with Gasteiger partial charge in [0.15, 0.2) is 0 Å². The second-order valence-corrected chi connectivity index (χ2v) is 9.82. The van der Waals surface area contributed by atoms with Gasteiger partial charge in [-0.1, -0.05) is 17.7 Å². The van der Waals surface area contributed by atoms with Crippen molar-refractivity contribution in [2.45, 2.75) is 57.4 Å². The number of benzene rings is 1. The highest BCUT2D eigenvalue weighted by atomic mass is 35.5. The van der Waals surface area contributed by atoms with Crippen LogP contribution >= 0.6 is 12.4 Å². The van der Waals surface area contributed by atoms with Gasteiger partial charge >= 0.3 is 0 Å². The fraction of sp³-hybridized carbons (Fsp3) is 0.650. The van der Waals surface area contributed by atoms with Crippen LogP contribution in [0, 0.1) is 26.7 Å². The highest BCUT2D eigenvalue weighted by Gasteiger charge is 2.33. The van der Waals surface area contributed by atoms with Crippen LogP contribution < -0.4 is 10.6 Å². The van der Waals surface area contributed by atoms with E-state index in [1.807, 2.05) is 32.9 Å². The maximum Gasteiger partial charge on any atom is 0.243 e. The molecule has 0 aromatic heterocycles. The molecule has 0 saturated carbocycles. The molecule has 1 aromatic carbocycles. The molecular formula is C20H32ClN3O3S. The van der Waals surface area contributed by atoms with E-state index in [4.69, 9.17) is 0 Å². The fourth-order valence-corrected chi connectivity index (χ4v) is 6.24. The number of aryl methyl sites for hydroxylation is 3. The van der Waals surface area contributed by atoms with E-state index in [9.17, 15) is 13.2 Å². The topological polar surface area (TPSA) is 78.5 Å². The van der Waals surface area contributed by atoms with E-state index in [0.717, 1.165) is 36.1 Å². The lowest BCUT2D eigenvalue weighted by atomic mass is 9.97. The Labute approximate surface area is 174 Å². The van der Waals surface area contributed by atoms with Gasteiger partial charge in [-0.25, -0.2) is 8.42 Å². The van der Waals surface area contributed by atoms with Gasteiger partial charge in [0, 0.05) is 31.6 Å². The Morgan fingerprint density at radius 3 is 2.29 bits per heavy atom. The maximum absolute atomic E-state index is 13.1. The third-order valence-electron chi connectivity index (χ3n) is 5.71. The summed E-state index contributed by atoms with van der Waals surface area (Å²) in [6, 6.07) is 4.20. The Hall–Kier alpha value is -1.15. The van der Waals surface area contributed by atoms with Crippen molar-refractivity contribution in [2.75, 3.05) is 26.2 Å². The van der Waals surface area contributed by atoms with E-state index >= 15 is 0 Å². The highest BCUT2D eigenvalue weighted by Crippen LogP contribution is 2.28. The molecule has 0 spiro atoms. The summed E-state index contributed by atoms with van der Waals surface area (Å²) < 4.78 is 27.8. The molecule has 2 aliphatic heterocycles. The molecule has 1 amide bonds. The van der Waals surface area contributed by atoms with Crippen molar-refractivity contribution < 1.29 is 13.2 Å². The van der Waals surface area contributed by atoms with Crippen LogP contribution in [0.1, 0.15) is 42.4 Å². The first kappa shape index (κ1) is 23.1. The summed E-state index contributed by atoms with van der Waals surface area (Å²) in [7, 11) is -3.52. The molecule has 2 N–H and O–H groups in total. The molecule has 8 heteroatoms. The lowest BCUT2D eigenvalue weighted by Crippen LogP contribution is -2.45. The number of nitrogens with zero attached hydrogens (tertiary/aromatic N) is 1. The van der Waals surface area contributed by atoms with E-state index in [-0.39, 0.29) is 24.2 Å². The van der Waals surface area contributed by atoms with Crippen molar-refractivity contribution in [1.29, 1.82) is 0 Å². The molecule has 0 radical (unpaired) electrons. The van der Waals surface area contributed by atoms with E-state index in [0.29, 0.717) is 43.4 Å². The minimum Gasteiger partial charge on any atom is -0.354 e. The van der Waals surface area contributed by atoms with Gasteiger partial charge in [0.05, 0.1) is 4.90 Å². The van der Waals surface area contributed by atoms with Crippen LogP contribution in [0.3, 0.4) is 0 Å². The third kappa shape index (κ3) is 5.06. The van der Waals surface area contributed by atoms with Crippen LogP contribution in [0.2, 0.25) is 0 Å². The summed E-state index contributed by atoms with van der Waals surface area (Å²) in [5, 5.41) is 6.41. The number of carbonyl (C=O) groups excluding carboxylic acids is 1. The molecule has 6 nitrogen and oxygen atoms in total. The largest absolute Gasteiger partial charge is 0.354 e. The lowest BCUT2D eigenvalue weighted by molar-refractivity contribution is -0.126. The summed E-state index contributed by atoms with van der Waals surface area (Å²) in [6.45, 7) is 8.16. The first-order chi connectivity index (χ1) is 12.8. The van der Waals surface area contributed by atoms with E-state index < -0.39 is 10.0 Å². The summed E-state index contributed by atoms with van der Waals surface area (Å²) in [5.74, 6) is -0.0403. The van der Waals surface area contributed by atoms with Crippen LogP contribution in [0.5, 0.6) is 0 Å². The predicted molar refractivity (Wildman–Crippen MR) is 113 cm³/mol. The zero-order valence-electron chi connectivity index (χ0n) is 17.0. The molecule has 1 aromatic rings. The van der Waals surface area contributed by atoms with Crippen molar-refractivity contribution in [3.8, 4) is 0 Å². The smallest absolute Gasteiger partial charge is 0.243 e. The molecule has 1 atom stereocenters. The molecule has 2 heterocycles. The number of amides is 1. The van der Waals surface area contributed by atoms with Crippen molar-refractivity contribution in [3.05, 3.63) is 28.8 Å². The number of sulfonamides is 1. The van der Waals surface area contributed by atoms with Crippen LogP contribution in [-0.4, -0.2) is 50.9 Å². The van der Waals surface area contributed by atoms with Gasteiger partial charge in [-0.15, -0.1) is 12.4 Å². The second-order valence-electron chi connectivity index (χ2n) is 7.94. The van der Waals surface area contributed by atoms with Crippen molar-refractivity contribution in [1.82, 2.24) is 14.9 Å². The van der Waals surface area contributed by atoms with Crippen LogP contribution in [0.4, 0.5) is 0 Å². The van der Waals surface area contributed by atoms with E-state index in [1.165, 1.54) is 0 Å². The van der Waals surface area contributed by atoms with E-state index in [1.54, 1.807) is 4.31 Å². The molecule has 2 fully saturated rings. The number of rotatable bonds is 5. The number of halogens is 1. The molecule has 0 bridgehead atoms. The molecule has 2 saturated heterocycles. The SMILES string of the molecule is Cc1cc(C)c(S(=O)(=O)N2CCC(C(=O)NCC3CCCN3)CC2)c(C)c1.Cl. The average molecular weight is 430 g/mol. The quantitative estimate of drug-likeness (QED) is 0.752. The van der Waals surface area contributed by atoms with Gasteiger partial charge in [0.25, 0.3) is 0 Å². The van der Waals surface area contributed by atoms with Gasteiger partial charge in [0.2, 0.25) is 15.9 Å². The number of hydrogen-bond acceptors (Lipinski definition) is 4. The Kier molecular flexibility index (Phi) is 7.90. The van der Waals surface area contributed by atoms with Crippen LogP contribution in [-0.2, 0) is 14.8 Å². The number of piperidine rings is 1. The maximum atomic E-state index is 13.1.